The van der Waals surface area contributed by atoms with Gasteiger partial charge < -0.3 is 29.4 Å². The molecule has 0 spiro atoms. The number of aromatic amines is 1. The Hall–Kier alpha value is -3.59. The number of methoxy groups -OCH3 is 1. The number of benzene rings is 1. The standard InChI is InChI=1S/C25H31N3O6/c1-7-34-17-10-8-16(9-11-17)21-19(23(30)24(31)28(21)13-12-27(4)5)22(29)18-14(2)20(25(32)33-6)26-15(18)3/h8-11,21,26,29H,7,12-13H2,1-6H3/p+1/b22-19-/t21-/m1/s1. The van der Waals surface area contributed by atoms with Crippen molar-refractivity contribution in [2.45, 2.75) is 26.8 Å². The molecular formula is C25H32N3O6+. The van der Waals surface area contributed by atoms with Gasteiger partial charge in [0, 0.05) is 11.3 Å². The maximum absolute atomic E-state index is 13.2. The highest BCUT2D eigenvalue weighted by Crippen LogP contribution is 2.41. The van der Waals surface area contributed by atoms with Crippen molar-refractivity contribution in [1.82, 2.24) is 9.88 Å². The van der Waals surface area contributed by atoms with Crippen LogP contribution in [0.2, 0.25) is 0 Å². The third-order valence-corrected chi connectivity index (χ3v) is 5.96. The zero-order valence-electron chi connectivity index (χ0n) is 20.4. The largest absolute Gasteiger partial charge is 0.507 e. The molecule has 1 saturated heterocycles. The highest BCUT2D eigenvalue weighted by atomic mass is 16.5. The first-order valence-electron chi connectivity index (χ1n) is 11.2. The Balaban J connectivity index is 2.19. The van der Waals surface area contributed by atoms with Crippen molar-refractivity contribution in [3.8, 4) is 5.75 Å². The predicted octanol–water partition coefficient (Wildman–Crippen LogP) is 1.38. The second-order valence-corrected chi connectivity index (χ2v) is 8.57. The minimum Gasteiger partial charge on any atom is -0.507 e. The molecule has 3 rings (SSSR count). The fourth-order valence-electron chi connectivity index (χ4n) is 4.26. The van der Waals surface area contributed by atoms with Gasteiger partial charge in [-0.05, 0) is 44.0 Å². The number of rotatable bonds is 8. The van der Waals surface area contributed by atoms with Gasteiger partial charge in [0.1, 0.15) is 17.2 Å². The smallest absolute Gasteiger partial charge is 0.354 e. The van der Waals surface area contributed by atoms with Crippen molar-refractivity contribution in [1.29, 1.82) is 0 Å². The molecule has 2 heterocycles. The zero-order valence-corrected chi connectivity index (χ0v) is 20.4. The molecule has 9 heteroatoms. The number of H-pyrrole nitrogens is 1. The highest BCUT2D eigenvalue weighted by molar-refractivity contribution is 6.46. The number of likely N-dealkylation sites (tertiary alicyclic amines) is 1. The first-order chi connectivity index (χ1) is 16.1. The number of nitrogens with one attached hydrogen (secondary N) is 2. The van der Waals surface area contributed by atoms with E-state index in [1.807, 2.05) is 21.0 Å². The van der Waals surface area contributed by atoms with Gasteiger partial charge in [-0.1, -0.05) is 12.1 Å². The van der Waals surface area contributed by atoms with Gasteiger partial charge in [-0.3, -0.25) is 9.59 Å². The fourth-order valence-corrected chi connectivity index (χ4v) is 4.26. The van der Waals surface area contributed by atoms with Gasteiger partial charge in [0.15, 0.2) is 0 Å². The van der Waals surface area contributed by atoms with E-state index in [2.05, 4.69) is 4.98 Å². The van der Waals surface area contributed by atoms with Gasteiger partial charge >= 0.3 is 5.97 Å². The van der Waals surface area contributed by atoms with Gasteiger partial charge in [-0.2, -0.15) is 0 Å². The number of carbonyl (C=O) groups excluding carboxylic acids is 3. The van der Waals surface area contributed by atoms with Gasteiger partial charge in [0.25, 0.3) is 11.7 Å². The average molecular weight is 471 g/mol. The number of likely N-dealkylation sites (N-methyl/N-ethyl adjacent to an activating group) is 1. The number of aromatic nitrogens is 1. The molecule has 1 aliphatic heterocycles. The lowest BCUT2D eigenvalue weighted by Crippen LogP contribution is -3.06. The van der Waals surface area contributed by atoms with Crippen molar-refractivity contribution in [3.05, 3.63) is 57.9 Å². The Morgan fingerprint density at radius 2 is 1.82 bits per heavy atom. The fraction of sp³-hybridized carbons (Fsp3) is 0.400. The van der Waals surface area contributed by atoms with Crippen LogP contribution in [0.25, 0.3) is 5.76 Å². The molecule has 3 N–H and O–H groups in total. The Bertz CT molecular complexity index is 1130. The van der Waals surface area contributed by atoms with Gasteiger partial charge in [-0.25, -0.2) is 4.79 Å². The van der Waals surface area contributed by atoms with E-state index < -0.39 is 23.7 Å². The summed E-state index contributed by atoms with van der Waals surface area (Å²) < 4.78 is 10.3. The number of nitrogens with zero attached hydrogens (tertiary/aromatic N) is 1. The van der Waals surface area contributed by atoms with Crippen molar-refractivity contribution >= 4 is 23.4 Å². The van der Waals surface area contributed by atoms with Crippen LogP contribution in [0.15, 0.2) is 29.8 Å². The second-order valence-electron chi connectivity index (χ2n) is 8.57. The molecular weight excluding hydrogens is 438 g/mol. The summed E-state index contributed by atoms with van der Waals surface area (Å²) in [7, 11) is 5.19. The van der Waals surface area contributed by atoms with E-state index in [1.54, 1.807) is 38.1 Å². The second kappa shape index (κ2) is 10.1. The molecule has 1 amide bonds. The van der Waals surface area contributed by atoms with Crippen LogP contribution in [0.3, 0.4) is 0 Å². The number of ketones is 1. The summed E-state index contributed by atoms with van der Waals surface area (Å²) in [6.07, 6.45) is 0. The lowest BCUT2D eigenvalue weighted by Gasteiger charge is -2.25. The van der Waals surface area contributed by atoms with E-state index in [1.165, 1.54) is 12.0 Å². The number of hydrogen-bond donors (Lipinski definition) is 3. The molecule has 0 bridgehead atoms. The Labute approximate surface area is 199 Å². The number of hydrogen-bond acceptors (Lipinski definition) is 6. The average Bonchev–Trinajstić information content (AvgIpc) is 3.24. The summed E-state index contributed by atoms with van der Waals surface area (Å²) in [5.41, 5.74) is 2.10. The molecule has 182 valence electrons. The van der Waals surface area contributed by atoms with Crippen molar-refractivity contribution in [3.63, 3.8) is 0 Å². The number of quaternary nitrogens is 1. The van der Waals surface area contributed by atoms with Crippen LogP contribution in [0.5, 0.6) is 5.75 Å². The summed E-state index contributed by atoms with van der Waals surface area (Å²) >= 11 is 0. The normalized spacial score (nSPS) is 17.5. The minimum absolute atomic E-state index is 0.00969. The van der Waals surface area contributed by atoms with Gasteiger partial charge in [0.2, 0.25) is 0 Å². The lowest BCUT2D eigenvalue weighted by molar-refractivity contribution is -0.857. The van der Waals surface area contributed by atoms with Crippen LogP contribution >= 0.6 is 0 Å². The quantitative estimate of drug-likeness (QED) is 0.233. The molecule has 0 saturated carbocycles. The monoisotopic (exact) mass is 470 g/mol. The van der Waals surface area contributed by atoms with Crippen LogP contribution in [-0.4, -0.2) is 73.6 Å². The number of amides is 1. The number of ether oxygens (including phenoxy) is 2. The highest BCUT2D eigenvalue weighted by Gasteiger charge is 2.46. The number of aliphatic hydroxyl groups is 1. The molecule has 1 fully saturated rings. The number of Topliss-reactive ketones (excluding diaryl/α,β-unsaturated/α-hetero) is 1. The maximum atomic E-state index is 13.2. The van der Waals surface area contributed by atoms with Crippen LogP contribution < -0.4 is 9.64 Å². The molecule has 1 aliphatic rings. The summed E-state index contributed by atoms with van der Waals surface area (Å²) in [5.74, 6) is -1.66. The first-order valence-corrected chi connectivity index (χ1v) is 11.2. The van der Waals surface area contributed by atoms with Gasteiger partial charge in [0.05, 0.1) is 52.5 Å². The van der Waals surface area contributed by atoms with Gasteiger partial charge in [-0.15, -0.1) is 0 Å². The van der Waals surface area contributed by atoms with E-state index in [-0.39, 0.29) is 17.0 Å². The Morgan fingerprint density at radius 1 is 1.18 bits per heavy atom. The summed E-state index contributed by atoms with van der Waals surface area (Å²) in [5, 5.41) is 11.4. The third-order valence-electron chi connectivity index (χ3n) is 5.96. The summed E-state index contributed by atoms with van der Waals surface area (Å²) in [6.45, 7) is 6.69. The van der Waals surface area contributed by atoms with Crippen LogP contribution in [-0.2, 0) is 14.3 Å². The molecule has 1 atom stereocenters. The topological polar surface area (TPSA) is 113 Å². The zero-order chi connectivity index (χ0) is 25.2. The minimum atomic E-state index is -0.773. The maximum Gasteiger partial charge on any atom is 0.354 e. The molecule has 0 radical (unpaired) electrons. The van der Waals surface area contributed by atoms with E-state index in [4.69, 9.17) is 9.47 Å². The number of esters is 1. The van der Waals surface area contributed by atoms with Crippen LogP contribution in [0.1, 0.15) is 45.8 Å². The molecule has 0 aliphatic carbocycles. The SMILES string of the molecule is CCOc1ccc([C@@H]2/C(=C(/O)c3c(C)[nH]c(C(=O)OC)c3C)C(=O)C(=O)N2CC[NH+](C)C)cc1. The third kappa shape index (κ3) is 4.56. The summed E-state index contributed by atoms with van der Waals surface area (Å²) in [4.78, 5) is 43.9. The number of carbonyl (C=O) groups is 3. The predicted molar refractivity (Wildman–Crippen MR) is 126 cm³/mol. The molecule has 0 unspecified atom stereocenters. The Morgan fingerprint density at radius 3 is 2.38 bits per heavy atom. The first kappa shape index (κ1) is 25.0. The van der Waals surface area contributed by atoms with Crippen molar-refractivity contribution < 1.29 is 33.9 Å². The van der Waals surface area contributed by atoms with Crippen LogP contribution in [0, 0.1) is 13.8 Å². The molecule has 1 aromatic heterocycles. The molecule has 2 aromatic rings. The molecule has 34 heavy (non-hydrogen) atoms. The molecule has 1 aromatic carbocycles. The Kier molecular flexibility index (Phi) is 7.46. The van der Waals surface area contributed by atoms with Crippen LogP contribution in [0.4, 0.5) is 0 Å². The van der Waals surface area contributed by atoms with Crippen molar-refractivity contribution in [2.75, 3.05) is 40.9 Å². The van der Waals surface area contributed by atoms with Crippen molar-refractivity contribution in [2.24, 2.45) is 0 Å². The number of aryl methyl sites for hydroxylation is 1. The van der Waals surface area contributed by atoms with E-state index in [0.29, 0.717) is 47.8 Å². The van der Waals surface area contributed by atoms with E-state index in [0.717, 1.165) is 4.90 Å². The van der Waals surface area contributed by atoms with E-state index in [9.17, 15) is 19.5 Å². The summed E-state index contributed by atoms with van der Waals surface area (Å²) in [6, 6.07) is 6.36. The van der Waals surface area contributed by atoms with E-state index >= 15 is 0 Å². The number of aliphatic hydroxyl groups excluding tert-OH is 1. The lowest BCUT2D eigenvalue weighted by atomic mass is 9.94. The molecule has 9 nitrogen and oxygen atoms in total.